The van der Waals surface area contributed by atoms with Gasteiger partial charge in [-0.1, -0.05) is 19.4 Å². The van der Waals surface area contributed by atoms with Crippen LogP contribution >= 0.6 is 0 Å². The Balaban J connectivity index is 0.000001000. The van der Waals surface area contributed by atoms with E-state index in [4.69, 9.17) is 0 Å². The van der Waals surface area contributed by atoms with Crippen LogP contribution in [0, 0.1) is 0 Å². The SMILES string of the molecule is CCCC[n+]1ccccc1.[W]. The number of nitrogens with zero attached hydrogens (tertiary/aromatic N) is 1. The van der Waals surface area contributed by atoms with Crippen LogP contribution in [0.5, 0.6) is 0 Å². The van der Waals surface area contributed by atoms with Gasteiger partial charge in [-0.25, -0.2) is 4.57 Å². The molecule has 0 aromatic carbocycles. The van der Waals surface area contributed by atoms with Gasteiger partial charge in [0.2, 0.25) is 0 Å². The monoisotopic (exact) mass is 320 g/mol. The number of aromatic nitrogens is 1. The van der Waals surface area contributed by atoms with E-state index >= 15 is 0 Å². The van der Waals surface area contributed by atoms with Crippen molar-refractivity contribution in [2.75, 3.05) is 0 Å². The average Bonchev–Trinajstić information content (AvgIpc) is 2.03. The van der Waals surface area contributed by atoms with E-state index in [2.05, 4.69) is 36.0 Å². The summed E-state index contributed by atoms with van der Waals surface area (Å²) in [5.41, 5.74) is 0. The minimum atomic E-state index is 0. The van der Waals surface area contributed by atoms with Crippen molar-refractivity contribution < 1.29 is 25.6 Å². The molecule has 0 aliphatic rings. The van der Waals surface area contributed by atoms with Crippen molar-refractivity contribution in [1.29, 1.82) is 0 Å². The second-order valence-corrected chi connectivity index (χ2v) is 2.47. The Bertz CT molecular complexity index is 174. The van der Waals surface area contributed by atoms with Crippen LogP contribution in [0.4, 0.5) is 0 Å². The maximum atomic E-state index is 2.21. The molecule has 0 amide bonds. The molecule has 0 fully saturated rings. The van der Waals surface area contributed by atoms with Gasteiger partial charge in [-0.3, -0.25) is 0 Å². The molecule has 1 aromatic rings. The summed E-state index contributed by atoms with van der Waals surface area (Å²) in [6.07, 6.45) is 6.75. The van der Waals surface area contributed by atoms with Gasteiger partial charge in [-0.15, -0.1) is 0 Å². The topological polar surface area (TPSA) is 3.88 Å². The van der Waals surface area contributed by atoms with Crippen LogP contribution in [0.15, 0.2) is 30.6 Å². The molecule has 2 heteroatoms. The van der Waals surface area contributed by atoms with Crippen LogP contribution in [-0.4, -0.2) is 0 Å². The molecule has 1 nitrogen and oxygen atoms in total. The van der Waals surface area contributed by atoms with E-state index in [1.165, 1.54) is 12.8 Å². The van der Waals surface area contributed by atoms with Gasteiger partial charge >= 0.3 is 0 Å². The number of hydrogen-bond acceptors (Lipinski definition) is 0. The van der Waals surface area contributed by atoms with Crippen LogP contribution in [0.2, 0.25) is 0 Å². The van der Waals surface area contributed by atoms with Crippen LogP contribution in [0.1, 0.15) is 19.8 Å². The van der Waals surface area contributed by atoms with Crippen LogP contribution in [0.25, 0.3) is 0 Å². The van der Waals surface area contributed by atoms with Gasteiger partial charge < -0.3 is 0 Å². The standard InChI is InChI=1S/C9H14N.W/c1-2-3-7-10-8-5-4-6-9-10;/h4-6,8-9H,2-3,7H2,1H3;/q+1;. The smallest absolute Gasteiger partial charge is 0.168 e. The molecule has 0 saturated heterocycles. The van der Waals surface area contributed by atoms with Crippen molar-refractivity contribution in [2.24, 2.45) is 0 Å². The molecule has 0 bridgehead atoms. The van der Waals surface area contributed by atoms with Crippen molar-refractivity contribution in [2.45, 2.75) is 26.3 Å². The molecule has 1 aromatic heterocycles. The van der Waals surface area contributed by atoms with Crippen LogP contribution in [0.3, 0.4) is 0 Å². The molecule has 0 atom stereocenters. The Hall–Kier alpha value is -0.162. The van der Waals surface area contributed by atoms with Gasteiger partial charge in [0.1, 0.15) is 6.54 Å². The van der Waals surface area contributed by atoms with Crippen molar-refractivity contribution in [3.63, 3.8) is 0 Å². The fraction of sp³-hybridized carbons (Fsp3) is 0.444. The second kappa shape index (κ2) is 6.54. The summed E-state index contributed by atoms with van der Waals surface area (Å²) in [5.74, 6) is 0. The predicted molar refractivity (Wildman–Crippen MR) is 41.5 cm³/mol. The maximum absolute atomic E-state index is 2.21. The zero-order chi connectivity index (χ0) is 7.23. The first-order valence-corrected chi connectivity index (χ1v) is 3.87. The molecular formula is C9H14NW+. The van der Waals surface area contributed by atoms with E-state index in [1.807, 2.05) is 6.07 Å². The molecule has 11 heavy (non-hydrogen) atoms. The van der Waals surface area contributed by atoms with E-state index in [0.717, 1.165) is 6.54 Å². The van der Waals surface area contributed by atoms with Gasteiger partial charge in [0.05, 0.1) is 0 Å². The van der Waals surface area contributed by atoms with Gasteiger partial charge in [0.15, 0.2) is 12.4 Å². The van der Waals surface area contributed by atoms with E-state index < -0.39 is 0 Å². The first kappa shape index (κ1) is 10.8. The molecule has 0 aliphatic carbocycles. The fourth-order valence-electron chi connectivity index (χ4n) is 0.924. The van der Waals surface area contributed by atoms with E-state index in [9.17, 15) is 0 Å². The molecule has 0 N–H and O–H groups in total. The third-order valence-electron chi connectivity index (χ3n) is 1.55. The first-order valence-electron chi connectivity index (χ1n) is 3.87. The van der Waals surface area contributed by atoms with E-state index in [0.29, 0.717) is 0 Å². The van der Waals surface area contributed by atoms with Gasteiger partial charge in [0.25, 0.3) is 0 Å². The summed E-state index contributed by atoms with van der Waals surface area (Å²) < 4.78 is 2.21. The van der Waals surface area contributed by atoms with Gasteiger partial charge in [0, 0.05) is 39.6 Å². The maximum Gasteiger partial charge on any atom is 0.168 e. The Morgan fingerprint density at radius 1 is 1.09 bits per heavy atom. The molecule has 0 unspecified atom stereocenters. The average molecular weight is 320 g/mol. The van der Waals surface area contributed by atoms with E-state index in [1.54, 1.807) is 0 Å². The summed E-state index contributed by atoms with van der Waals surface area (Å²) in [4.78, 5) is 0. The fourth-order valence-corrected chi connectivity index (χ4v) is 0.924. The third kappa shape index (κ3) is 4.31. The summed E-state index contributed by atoms with van der Waals surface area (Å²) in [7, 11) is 0. The molecular weight excluding hydrogens is 306 g/mol. The first-order chi connectivity index (χ1) is 4.93. The zero-order valence-corrected chi connectivity index (χ0v) is 9.80. The third-order valence-corrected chi connectivity index (χ3v) is 1.55. The minimum absolute atomic E-state index is 0. The van der Waals surface area contributed by atoms with Crippen molar-refractivity contribution in [3.05, 3.63) is 30.6 Å². The number of rotatable bonds is 3. The summed E-state index contributed by atoms with van der Waals surface area (Å²) in [6.45, 7) is 3.36. The van der Waals surface area contributed by atoms with Crippen LogP contribution < -0.4 is 4.57 Å². The molecule has 60 valence electrons. The minimum Gasteiger partial charge on any atom is -0.205 e. The van der Waals surface area contributed by atoms with E-state index in [-0.39, 0.29) is 21.1 Å². The van der Waals surface area contributed by atoms with Crippen molar-refractivity contribution >= 4 is 0 Å². The van der Waals surface area contributed by atoms with Gasteiger partial charge in [-0.05, 0) is 0 Å². The summed E-state index contributed by atoms with van der Waals surface area (Å²) >= 11 is 0. The number of aryl methyl sites for hydroxylation is 1. The number of unbranched alkanes of at least 4 members (excludes halogenated alkanes) is 1. The van der Waals surface area contributed by atoms with Crippen LogP contribution in [-0.2, 0) is 27.6 Å². The Labute approximate surface area is 82.7 Å². The predicted octanol–water partition coefficient (Wildman–Crippen LogP) is 1.77. The zero-order valence-electron chi connectivity index (χ0n) is 6.86. The molecule has 1 rings (SSSR count). The molecule has 0 spiro atoms. The largest absolute Gasteiger partial charge is 0.205 e. The Kier molecular flexibility index (Phi) is 6.45. The van der Waals surface area contributed by atoms with Crippen molar-refractivity contribution in [1.82, 2.24) is 0 Å². The molecule has 0 radical (unpaired) electrons. The molecule has 0 saturated carbocycles. The summed E-state index contributed by atoms with van der Waals surface area (Å²) in [6, 6.07) is 6.17. The molecule has 1 heterocycles. The Morgan fingerprint density at radius 3 is 2.27 bits per heavy atom. The summed E-state index contributed by atoms with van der Waals surface area (Å²) in [5, 5.41) is 0. The van der Waals surface area contributed by atoms with Gasteiger partial charge in [-0.2, -0.15) is 0 Å². The second-order valence-electron chi connectivity index (χ2n) is 2.47. The quantitative estimate of drug-likeness (QED) is 0.748. The Morgan fingerprint density at radius 2 is 1.73 bits per heavy atom. The number of hydrogen-bond donors (Lipinski definition) is 0. The normalized spacial score (nSPS) is 8.82. The number of pyridine rings is 1. The molecule has 0 aliphatic heterocycles. The van der Waals surface area contributed by atoms with Crippen molar-refractivity contribution in [3.8, 4) is 0 Å².